The van der Waals surface area contributed by atoms with Crippen LogP contribution >= 0.6 is 0 Å². The lowest BCUT2D eigenvalue weighted by Crippen LogP contribution is -2.18. The summed E-state index contributed by atoms with van der Waals surface area (Å²) in [6.07, 6.45) is 1.72. The molecular weight excluding hydrogens is 422 g/mol. The lowest BCUT2D eigenvalue weighted by atomic mass is 10.0. The van der Waals surface area contributed by atoms with Crippen LogP contribution in [0.25, 0.3) is 11.6 Å². The van der Waals surface area contributed by atoms with Gasteiger partial charge in [-0.05, 0) is 65.7 Å². The van der Waals surface area contributed by atoms with Gasteiger partial charge >= 0.3 is 5.97 Å². The van der Waals surface area contributed by atoms with Crippen LogP contribution in [0, 0.1) is 11.3 Å². The molecule has 0 bridgehead atoms. The highest BCUT2D eigenvalue weighted by Gasteiger charge is 2.13. The maximum atomic E-state index is 12.3. The minimum Gasteiger partial charge on any atom is -0.497 e. The van der Waals surface area contributed by atoms with Gasteiger partial charge in [-0.25, -0.2) is 4.79 Å². The second kappa shape index (κ2) is 11.3. The van der Waals surface area contributed by atoms with Gasteiger partial charge in [0.15, 0.2) is 29.6 Å². The lowest BCUT2D eigenvalue weighted by molar-refractivity contribution is -0.136. The number of carbonyl (C=O) groups excluding carboxylic acids is 1. The van der Waals surface area contributed by atoms with Crippen molar-refractivity contribution in [1.82, 2.24) is 0 Å². The molecule has 33 heavy (non-hydrogen) atoms. The highest BCUT2D eigenvalue weighted by atomic mass is 16.6. The first kappa shape index (κ1) is 23.2. The monoisotopic (exact) mass is 445 g/mol. The van der Waals surface area contributed by atoms with Crippen molar-refractivity contribution in [2.45, 2.75) is 0 Å². The summed E-state index contributed by atoms with van der Waals surface area (Å²) in [6.45, 7) is -0.304. The third kappa shape index (κ3) is 6.05. The molecule has 0 radical (unpaired) electrons. The minimum atomic E-state index is -0.599. The molecule has 0 fully saturated rings. The van der Waals surface area contributed by atoms with Gasteiger partial charge in [-0.2, -0.15) is 5.26 Å². The number of nitrogens with zero attached hydrogens (tertiary/aromatic N) is 1. The Balaban J connectivity index is 1.72. The summed E-state index contributed by atoms with van der Waals surface area (Å²) in [5.41, 5.74) is 1.93. The summed E-state index contributed by atoms with van der Waals surface area (Å²) in [7, 11) is 4.58. The molecule has 3 aromatic rings. The predicted molar refractivity (Wildman–Crippen MR) is 124 cm³/mol. The largest absolute Gasteiger partial charge is 0.497 e. The molecule has 3 rings (SSSR count). The van der Waals surface area contributed by atoms with Crippen LogP contribution in [-0.4, -0.2) is 33.9 Å². The topological polar surface area (TPSA) is 87.0 Å². The molecule has 7 heteroatoms. The van der Waals surface area contributed by atoms with Gasteiger partial charge in [0.2, 0.25) is 0 Å². The smallest absolute Gasteiger partial charge is 0.349 e. The van der Waals surface area contributed by atoms with Crippen LogP contribution in [0.4, 0.5) is 0 Å². The molecule has 0 unspecified atom stereocenters. The van der Waals surface area contributed by atoms with Crippen molar-refractivity contribution in [1.29, 1.82) is 5.26 Å². The number of hydrogen-bond donors (Lipinski definition) is 0. The molecule has 0 saturated carbocycles. The van der Waals surface area contributed by atoms with E-state index in [-0.39, 0.29) is 12.4 Å². The number of nitriles is 1. The number of esters is 1. The molecule has 3 aromatic carbocycles. The average Bonchev–Trinajstić information content (AvgIpc) is 2.87. The average molecular weight is 445 g/mol. The summed E-state index contributed by atoms with van der Waals surface area (Å²) in [6, 6.07) is 21.4. The fourth-order valence-corrected chi connectivity index (χ4v) is 3.00. The number of carbonyl (C=O) groups is 1. The van der Waals surface area contributed by atoms with Gasteiger partial charge in [-0.3, -0.25) is 0 Å². The molecule has 0 N–H and O–H groups in total. The maximum absolute atomic E-state index is 12.3. The molecule has 168 valence electrons. The molecule has 0 amide bonds. The van der Waals surface area contributed by atoms with Gasteiger partial charge in [0.1, 0.15) is 5.75 Å². The third-order valence-electron chi connectivity index (χ3n) is 4.66. The zero-order valence-electron chi connectivity index (χ0n) is 18.5. The van der Waals surface area contributed by atoms with Crippen molar-refractivity contribution in [3.63, 3.8) is 0 Å². The van der Waals surface area contributed by atoms with E-state index in [1.165, 1.54) is 14.2 Å². The van der Waals surface area contributed by atoms with E-state index in [2.05, 4.69) is 6.07 Å². The van der Waals surface area contributed by atoms with Crippen molar-refractivity contribution in [3.8, 4) is 34.8 Å². The van der Waals surface area contributed by atoms with E-state index in [1.807, 2.05) is 12.1 Å². The predicted octanol–water partition coefficient (Wildman–Crippen LogP) is 4.76. The minimum absolute atomic E-state index is 0.242. The van der Waals surface area contributed by atoms with Crippen LogP contribution in [0.5, 0.6) is 28.7 Å². The molecule has 0 aliphatic carbocycles. The summed E-state index contributed by atoms with van der Waals surface area (Å²) in [4.78, 5) is 12.3. The van der Waals surface area contributed by atoms with Crippen LogP contribution in [0.3, 0.4) is 0 Å². The van der Waals surface area contributed by atoms with E-state index in [1.54, 1.807) is 67.8 Å². The Hall–Kier alpha value is -4.44. The molecule has 7 nitrogen and oxygen atoms in total. The van der Waals surface area contributed by atoms with Crippen molar-refractivity contribution < 1.29 is 28.5 Å². The quantitative estimate of drug-likeness (QED) is 0.203. The molecule has 0 aliphatic rings. The van der Waals surface area contributed by atoms with Crippen LogP contribution < -0.4 is 23.7 Å². The molecule has 0 atom stereocenters. The molecule has 0 aliphatic heterocycles. The van der Waals surface area contributed by atoms with E-state index in [9.17, 15) is 10.1 Å². The number of allylic oxidation sites excluding steroid dienone is 1. The van der Waals surface area contributed by atoms with Crippen molar-refractivity contribution in [3.05, 3.63) is 77.9 Å². The van der Waals surface area contributed by atoms with Crippen LogP contribution in [0.2, 0.25) is 0 Å². The van der Waals surface area contributed by atoms with E-state index < -0.39 is 5.97 Å². The van der Waals surface area contributed by atoms with Crippen molar-refractivity contribution >= 4 is 17.6 Å². The van der Waals surface area contributed by atoms with Gasteiger partial charge in [-0.15, -0.1) is 0 Å². The van der Waals surface area contributed by atoms with E-state index >= 15 is 0 Å². The molecule has 0 aromatic heterocycles. The molecule has 0 heterocycles. The Kier molecular flexibility index (Phi) is 7.92. The van der Waals surface area contributed by atoms with Crippen LogP contribution in [-0.2, 0) is 4.79 Å². The number of ether oxygens (including phenoxy) is 5. The number of para-hydroxylation sites is 2. The first-order valence-corrected chi connectivity index (χ1v) is 9.98. The Labute approximate surface area is 192 Å². The molecular formula is C26H23NO6. The zero-order chi connectivity index (χ0) is 23.6. The number of methoxy groups -OCH3 is 3. The van der Waals surface area contributed by atoms with E-state index in [0.29, 0.717) is 34.1 Å². The number of benzene rings is 3. The van der Waals surface area contributed by atoms with Gasteiger partial charge in [-0.1, -0.05) is 18.2 Å². The molecule has 0 spiro atoms. The Morgan fingerprint density at radius 1 is 0.848 bits per heavy atom. The highest BCUT2D eigenvalue weighted by Crippen LogP contribution is 2.31. The van der Waals surface area contributed by atoms with Gasteiger partial charge in [0, 0.05) is 0 Å². The van der Waals surface area contributed by atoms with Gasteiger partial charge < -0.3 is 23.7 Å². The SMILES string of the molecule is COc1ccc(/C(C#N)=C\c2ccc(OC(=O)COc3ccccc3OC)c(OC)c2)cc1. The van der Waals surface area contributed by atoms with Gasteiger partial charge in [0.25, 0.3) is 0 Å². The third-order valence-corrected chi connectivity index (χ3v) is 4.66. The normalized spacial score (nSPS) is 10.7. The summed E-state index contributed by atoms with van der Waals surface area (Å²) < 4.78 is 26.6. The fourth-order valence-electron chi connectivity index (χ4n) is 3.00. The first-order valence-electron chi connectivity index (χ1n) is 9.98. The lowest BCUT2D eigenvalue weighted by Gasteiger charge is -2.12. The Bertz CT molecular complexity index is 1180. The first-order chi connectivity index (χ1) is 16.1. The second-order valence-corrected chi connectivity index (χ2v) is 6.72. The summed E-state index contributed by atoms with van der Waals surface area (Å²) in [5.74, 6) is 1.65. The highest BCUT2D eigenvalue weighted by molar-refractivity contribution is 5.90. The summed E-state index contributed by atoms with van der Waals surface area (Å²) >= 11 is 0. The molecule has 0 saturated heterocycles. The van der Waals surface area contributed by atoms with E-state index in [4.69, 9.17) is 23.7 Å². The number of hydrogen-bond acceptors (Lipinski definition) is 7. The Morgan fingerprint density at radius 3 is 2.18 bits per heavy atom. The standard InChI is InChI=1S/C26H23NO6/c1-29-21-11-9-19(10-12-21)20(16-27)14-18-8-13-24(25(15-18)31-3)33-26(28)17-32-23-7-5-4-6-22(23)30-2/h4-15H,17H2,1-3H3/b20-14-. The van der Waals surface area contributed by atoms with Crippen molar-refractivity contribution in [2.75, 3.05) is 27.9 Å². The maximum Gasteiger partial charge on any atom is 0.349 e. The summed E-state index contributed by atoms with van der Waals surface area (Å²) in [5, 5.41) is 9.58. The van der Waals surface area contributed by atoms with Gasteiger partial charge in [0.05, 0.1) is 33.0 Å². The number of rotatable bonds is 9. The fraction of sp³-hybridized carbons (Fsp3) is 0.154. The van der Waals surface area contributed by atoms with Crippen LogP contribution in [0.1, 0.15) is 11.1 Å². The Morgan fingerprint density at radius 2 is 1.55 bits per heavy atom. The van der Waals surface area contributed by atoms with Crippen LogP contribution in [0.15, 0.2) is 66.7 Å². The second-order valence-electron chi connectivity index (χ2n) is 6.72. The zero-order valence-corrected chi connectivity index (χ0v) is 18.5. The van der Waals surface area contributed by atoms with E-state index in [0.717, 1.165) is 5.56 Å². The van der Waals surface area contributed by atoms with Crippen molar-refractivity contribution in [2.24, 2.45) is 0 Å².